The second-order valence-corrected chi connectivity index (χ2v) is 9.71. The first-order valence-corrected chi connectivity index (χ1v) is 11.1. The molecule has 7 heteroatoms. The van der Waals surface area contributed by atoms with Crippen molar-refractivity contribution in [2.24, 2.45) is 11.8 Å². The summed E-state index contributed by atoms with van der Waals surface area (Å²) in [5, 5.41) is 3.10. The highest BCUT2D eigenvalue weighted by Gasteiger charge is 2.31. The zero-order valence-corrected chi connectivity index (χ0v) is 16.1. The summed E-state index contributed by atoms with van der Waals surface area (Å²) in [7, 11) is -3.34. The molecule has 1 aromatic carbocycles. The number of anilines is 1. The average molecular weight is 385 g/mol. The van der Waals surface area contributed by atoms with E-state index in [1.165, 1.54) is 50.3 Å². The van der Waals surface area contributed by atoms with Crippen molar-refractivity contribution in [3.63, 3.8) is 0 Å². The van der Waals surface area contributed by atoms with E-state index in [2.05, 4.69) is 10.2 Å². The lowest BCUT2D eigenvalue weighted by Gasteiger charge is -2.41. The fourth-order valence-corrected chi connectivity index (χ4v) is 4.86. The van der Waals surface area contributed by atoms with Gasteiger partial charge in [0.1, 0.15) is 0 Å². The zero-order valence-electron chi connectivity index (χ0n) is 14.5. The lowest BCUT2D eigenvalue weighted by molar-refractivity contribution is -0.118. The third kappa shape index (κ3) is 4.74. The van der Waals surface area contributed by atoms with Gasteiger partial charge in [-0.2, -0.15) is 0 Å². The van der Waals surface area contributed by atoms with Crippen molar-refractivity contribution in [2.45, 2.75) is 37.0 Å². The standard InChI is InChI=1S/C18H25ClN2O3S/c1-25(23,24)15-6-7-16(19)17(10-15)20-18(22)12-21-9-8-13-4-2-3-5-14(13)11-21/h6-7,10,13-14H,2-5,8-9,11-12H2,1H3,(H,20,22)/t13-,14+/m0/s1. The topological polar surface area (TPSA) is 66.5 Å². The van der Waals surface area contributed by atoms with Gasteiger partial charge in [-0.3, -0.25) is 9.69 Å². The molecule has 2 atom stereocenters. The minimum Gasteiger partial charge on any atom is -0.324 e. The SMILES string of the molecule is CS(=O)(=O)c1ccc(Cl)c(NC(=O)CN2CC[C@@H]3CCCC[C@@H]3C2)c1. The molecule has 1 saturated carbocycles. The molecule has 138 valence electrons. The van der Waals surface area contributed by atoms with Gasteiger partial charge >= 0.3 is 0 Å². The Hall–Kier alpha value is -1.11. The van der Waals surface area contributed by atoms with Crippen LogP contribution in [0.3, 0.4) is 0 Å². The van der Waals surface area contributed by atoms with E-state index < -0.39 is 9.84 Å². The molecule has 0 spiro atoms. The van der Waals surface area contributed by atoms with E-state index in [1.54, 1.807) is 0 Å². The third-order valence-electron chi connectivity index (χ3n) is 5.38. The van der Waals surface area contributed by atoms with Gasteiger partial charge in [0.2, 0.25) is 5.91 Å². The van der Waals surface area contributed by atoms with Crippen molar-refractivity contribution in [1.29, 1.82) is 0 Å². The summed E-state index contributed by atoms with van der Waals surface area (Å²) in [5.41, 5.74) is 0.349. The predicted molar refractivity (Wildman–Crippen MR) is 99.7 cm³/mol. The maximum atomic E-state index is 12.4. The largest absolute Gasteiger partial charge is 0.324 e. The van der Waals surface area contributed by atoms with Crippen LogP contribution in [0.5, 0.6) is 0 Å². The quantitative estimate of drug-likeness (QED) is 0.865. The highest BCUT2D eigenvalue weighted by atomic mass is 35.5. The van der Waals surface area contributed by atoms with Crippen molar-refractivity contribution in [3.8, 4) is 0 Å². The molecule has 1 aliphatic heterocycles. The van der Waals surface area contributed by atoms with Crippen molar-refractivity contribution in [1.82, 2.24) is 4.90 Å². The van der Waals surface area contributed by atoms with Crippen LogP contribution < -0.4 is 5.32 Å². The van der Waals surface area contributed by atoms with Crippen LogP contribution in [0.2, 0.25) is 5.02 Å². The number of carbonyl (C=O) groups is 1. The molecule has 1 amide bonds. The van der Waals surface area contributed by atoms with Crippen LogP contribution in [0.4, 0.5) is 5.69 Å². The van der Waals surface area contributed by atoms with Gasteiger partial charge in [0, 0.05) is 12.8 Å². The summed E-state index contributed by atoms with van der Waals surface area (Å²) in [6.07, 6.45) is 7.55. The van der Waals surface area contributed by atoms with Crippen LogP contribution in [0.1, 0.15) is 32.1 Å². The molecule has 1 saturated heterocycles. The molecule has 3 rings (SSSR count). The van der Waals surface area contributed by atoms with Gasteiger partial charge in [0.15, 0.2) is 9.84 Å². The van der Waals surface area contributed by atoms with Crippen LogP contribution in [0, 0.1) is 11.8 Å². The Morgan fingerprint density at radius 3 is 2.68 bits per heavy atom. The molecule has 1 N–H and O–H groups in total. The Morgan fingerprint density at radius 2 is 1.96 bits per heavy atom. The number of amides is 1. The number of nitrogens with one attached hydrogen (secondary N) is 1. The second kappa shape index (κ2) is 7.64. The van der Waals surface area contributed by atoms with Gasteiger partial charge < -0.3 is 5.32 Å². The number of hydrogen-bond donors (Lipinski definition) is 1. The first-order chi connectivity index (χ1) is 11.8. The molecule has 1 aliphatic carbocycles. The molecule has 25 heavy (non-hydrogen) atoms. The van der Waals surface area contributed by atoms with Gasteiger partial charge in [-0.25, -0.2) is 8.42 Å². The molecule has 1 heterocycles. The van der Waals surface area contributed by atoms with Crippen LogP contribution in [0.15, 0.2) is 23.1 Å². The number of sulfone groups is 1. The van der Waals surface area contributed by atoms with Gasteiger partial charge in [0.05, 0.1) is 22.2 Å². The summed E-state index contributed by atoms with van der Waals surface area (Å²) in [5.74, 6) is 1.39. The average Bonchev–Trinajstić information content (AvgIpc) is 2.55. The van der Waals surface area contributed by atoms with Crippen LogP contribution in [-0.4, -0.2) is 45.1 Å². The number of nitrogens with zero attached hydrogens (tertiary/aromatic N) is 1. The second-order valence-electron chi connectivity index (χ2n) is 7.29. The smallest absolute Gasteiger partial charge is 0.238 e. The highest BCUT2D eigenvalue weighted by Crippen LogP contribution is 2.36. The van der Waals surface area contributed by atoms with Crippen LogP contribution in [-0.2, 0) is 14.6 Å². The molecule has 0 aromatic heterocycles. The zero-order chi connectivity index (χ0) is 18.0. The molecule has 2 fully saturated rings. The number of fused-ring (bicyclic) bond motifs is 1. The predicted octanol–water partition coefficient (Wildman–Crippen LogP) is 3.19. The number of halogens is 1. The van der Waals surface area contributed by atoms with Gasteiger partial charge in [-0.05, 0) is 49.4 Å². The first-order valence-electron chi connectivity index (χ1n) is 8.85. The fraction of sp³-hybridized carbons (Fsp3) is 0.611. The molecule has 0 radical (unpaired) electrons. The number of piperidine rings is 1. The number of hydrogen-bond acceptors (Lipinski definition) is 4. The van der Waals surface area contributed by atoms with Gasteiger partial charge in [-0.15, -0.1) is 0 Å². The summed E-state index contributed by atoms with van der Waals surface area (Å²) < 4.78 is 23.3. The summed E-state index contributed by atoms with van der Waals surface area (Å²) in [4.78, 5) is 14.7. The monoisotopic (exact) mass is 384 g/mol. The van der Waals surface area contributed by atoms with E-state index in [4.69, 9.17) is 11.6 Å². The molecule has 0 unspecified atom stereocenters. The van der Waals surface area contributed by atoms with E-state index in [0.29, 0.717) is 23.2 Å². The maximum Gasteiger partial charge on any atom is 0.238 e. The number of benzene rings is 1. The number of rotatable bonds is 4. The number of carbonyl (C=O) groups excluding carboxylic acids is 1. The lowest BCUT2D eigenvalue weighted by atomic mass is 9.75. The van der Waals surface area contributed by atoms with E-state index in [1.807, 2.05) is 0 Å². The number of likely N-dealkylation sites (tertiary alicyclic amines) is 1. The lowest BCUT2D eigenvalue weighted by Crippen LogP contribution is -2.44. The third-order valence-corrected chi connectivity index (χ3v) is 6.82. The Kier molecular flexibility index (Phi) is 5.71. The molecule has 2 aliphatic rings. The molecule has 5 nitrogen and oxygen atoms in total. The Labute approximate surface area is 154 Å². The fourth-order valence-electron chi connectivity index (χ4n) is 4.04. The van der Waals surface area contributed by atoms with Gasteiger partial charge in [-0.1, -0.05) is 30.9 Å². The van der Waals surface area contributed by atoms with Crippen molar-refractivity contribution in [2.75, 3.05) is 31.2 Å². The van der Waals surface area contributed by atoms with Crippen molar-refractivity contribution >= 4 is 33.0 Å². The van der Waals surface area contributed by atoms with E-state index in [-0.39, 0.29) is 10.8 Å². The summed E-state index contributed by atoms with van der Waals surface area (Å²) in [6.45, 7) is 2.25. The minimum atomic E-state index is -3.34. The van der Waals surface area contributed by atoms with Crippen molar-refractivity contribution in [3.05, 3.63) is 23.2 Å². The Balaban J connectivity index is 1.61. The maximum absolute atomic E-state index is 12.4. The molecular weight excluding hydrogens is 360 g/mol. The van der Waals surface area contributed by atoms with Crippen molar-refractivity contribution < 1.29 is 13.2 Å². The highest BCUT2D eigenvalue weighted by molar-refractivity contribution is 7.90. The normalized spacial score (nSPS) is 24.6. The minimum absolute atomic E-state index is 0.148. The van der Waals surface area contributed by atoms with E-state index in [9.17, 15) is 13.2 Å². The molecule has 0 bridgehead atoms. The van der Waals surface area contributed by atoms with Crippen LogP contribution in [0.25, 0.3) is 0 Å². The van der Waals surface area contributed by atoms with E-state index >= 15 is 0 Å². The Morgan fingerprint density at radius 1 is 1.24 bits per heavy atom. The van der Waals surface area contributed by atoms with Crippen LogP contribution >= 0.6 is 11.6 Å². The molecule has 1 aromatic rings. The summed E-state index contributed by atoms with van der Waals surface area (Å²) in [6, 6.07) is 4.37. The first kappa shape index (κ1) is 18.7. The van der Waals surface area contributed by atoms with Gasteiger partial charge in [0.25, 0.3) is 0 Å². The Bertz CT molecular complexity index is 751. The van der Waals surface area contributed by atoms with E-state index in [0.717, 1.165) is 25.3 Å². The summed E-state index contributed by atoms with van der Waals surface area (Å²) >= 11 is 6.10. The molecular formula is C18H25ClN2O3S.